The van der Waals surface area contributed by atoms with Gasteiger partial charge in [-0.3, -0.25) is 0 Å². The zero-order chi connectivity index (χ0) is 11.8. The molecule has 3 rings (SSSR count). The van der Waals surface area contributed by atoms with E-state index in [4.69, 9.17) is 12.2 Å². The fourth-order valence-corrected chi connectivity index (χ4v) is 4.00. The molecule has 0 saturated carbocycles. The molecule has 1 atom stereocenters. The molecule has 1 aromatic carbocycles. The van der Waals surface area contributed by atoms with Gasteiger partial charge in [-0.05, 0) is 60.7 Å². The van der Waals surface area contributed by atoms with Crippen LogP contribution in [0.25, 0.3) is 11.0 Å². The highest BCUT2D eigenvalue weighted by atomic mass is 32.2. The van der Waals surface area contributed by atoms with E-state index >= 15 is 0 Å². The minimum absolute atomic E-state index is 0.784. The monoisotopic (exact) mass is 264 g/mol. The van der Waals surface area contributed by atoms with Crippen molar-refractivity contribution in [2.75, 3.05) is 11.5 Å². The molecule has 2 heterocycles. The van der Waals surface area contributed by atoms with E-state index in [0.717, 1.165) is 17.2 Å². The van der Waals surface area contributed by atoms with Crippen LogP contribution in [0.15, 0.2) is 18.2 Å². The number of nitrogens with zero attached hydrogens (tertiary/aromatic N) is 1. The van der Waals surface area contributed by atoms with Crippen molar-refractivity contribution in [1.29, 1.82) is 0 Å². The summed E-state index contributed by atoms with van der Waals surface area (Å²) in [5.74, 6) is 3.37. The maximum Gasteiger partial charge on any atom is 0.178 e. The smallest absolute Gasteiger partial charge is 0.178 e. The number of benzene rings is 1. The van der Waals surface area contributed by atoms with E-state index in [1.807, 2.05) is 0 Å². The number of aromatic amines is 1. The van der Waals surface area contributed by atoms with Gasteiger partial charge in [0, 0.05) is 6.54 Å². The lowest BCUT2D eigenvalue weighted by atomic mass is 10.1. The zero-order valence-electron chi connectivity index (χ0n) is 9.90. The normalized spacial score (nSPS) is 20.2. The Hall–Kier alpha value is -0.740. The van der Waals surface area contributed by atoms with E-state index in [9.17, 15) is 0 Å². The summed E-state index contributed by atoms with van der Waals surface area (Å²) in [4.78, 5) is 3.31. The molecule has 1 unspecified atom stereocenters. The Bertz CT molecular complexity index is 591. The number of aryl methyl sites for hydroxylation is 1. The zero-order valence-corrected chi connectivity index (χ0v) is 11.5. The van der Waals surface area contributed by atoms with Crippen LogP contribution < -0.4 is 0 Å². The van der Waals surface area contributed by atoms with Gasteiger partial charge in [-0.2, -0.15) is 11.8 Å². The molecule has 1 saturated heterocycles. The first-order valence-corrected chi connectivity index (χ1v) is 7.57. The van der Waals surface area contributed by atoms with Crippen LogP contribution in [0, 0.1) is 17.6 Å². The Morgan fingerprint density at radius 3 is 3.18 bits per heavy atom. The maximum atomic E-state index is 5.43. The SMILES string of the molecule is Cc1ccc2c(c1)[nH]c(=S)n2CC1CCSC1. The van der Waals surface area contributed by atoms with E-state index < -0.39 is 0 Å². The van der Waals surface area contributed by atoms with Gasteiger partial charge in [0.2, 0.25) is 0 Å². The van der Waals surface area contributed by atoms with E-state index in [0.29, 0.717) is 0 Å². The molecule has 90 valence electrons. The highest BCUT2D eigenvalue weighted by Gasteiger charge is 2.17. The largest absolute Gasteiger partial charge is 0.331 e. The highest BCUT2D eigenvalue weighted by molar-refractivity contribution is 7.99. The van der Waals surface area contributed by atoms with Crippen molar-refractivity contribution in [2.24, 2.45) is 5.92 Å². The summed E-state index contributed by atoms with van der Waals surface area (Å²) in [6.45, 7) is 3.18. The third kappa shape index (κ3) is 2.16. The second-order valence-corrected chi connectivity index (χ2v) is 6.33. The summed E-state index contributed by atoms with van der Waals surface area (Å²) in [5, 5.41) is 0. The van der Waals surface area contributed by atoms with Crippen LogP contribution in [0.1, 0.15) is 12.0 Å². The molecule has 0 spiro atoms. The van der Waals surface area contributed by atoms with Crippen LogP contribution >= 0.6 is 24.0 Å². The average Bonchev–Trinajstić information content (AvgIpc) is 2.88. The Morgan fingerprint density at radius 2 is 2.41 bits per heavy atom. The van der Waals surface area contributed by atoms with Gasteiger partial charge in [-0.1, -0.05) is 6.07 Å². The second kappa shape index (κ2) is 4.50. The van der Waals surface area contributed by atoms with Crippen LogP contribution in [0.3, 0.4) is 0 Å². The quantitative estimate of drug-likeness (QED) is 0.834. The number of hydrogen-bond acceptors (Lipinski definition) is 2. The Balaban J connectivity index is 2.02. The molecule has 0 bridgehead atoms. The van der Waals surface area contributed by atoms with Gasteiger partial charge >= 0.3 is 0 Å². The van der Waals surface area contributed by atoms with Crippen LogP contribution in [0.4, 0.5) is 0 Å². The summed E-state index contributed by atoms with van der Waals surface area (Å²) in [6.07, 6.45) is 1.32. The lowest BCUT2D eigenvalue weighted by molar-refractivity contribution is 0.497. The summed E-state index contributed by atoms with van der Waals surface area (Å²) in [7, 11) is 0. The van der Waals surface area contributed by atoms with Gasteiger partial charge < -0.3 is 9.55 Å². The molecule has 1 fully saturated rings. The number of aromatic nitrogens is 2. The van der Waals surface area contributed by atoms with Gasteiger partial charge in [0.25, 0.3) is 0 Å². The van der Waals surface area contributed by atoms with Crippen molar-refractivity contribution in [3.63, 3.8) is 0 Å². The van der Waals surface area contributed by atoms with Crippen molar-refractivity contribution < 1.29 is 0 Å². The Morgan fingerprint density at radius 1 is 1.53 bits per heavy atom. The predicted molar refractivity (Wildman–Crippen MR) is 77.3 cm³/mol. The first-order chi connectivity index (χ1) is 8.24. The third-order valence-electron chi connectivity index (χ3n) is 3.39. The third-order valence-corrected chi connectivity index (χ3v) is 4.95. The number of thioether (sulfide) groups is 1. The molecule has 0 amide bonds. The van der Waals surface area contributed by atoms with Crippen LogP contribution in [0.2, 0.25) is 0 Å². The second-order valence-electron chi connectivity index (χ2n) is 4.79. The molecule has 1 N–H and O–H groups in total. The summed E-state index contributed by atoms with van der Waals surface area (Å²) in [5.41, 5.74) is 3.69. The van der Waals surface area contributed by atoms with E-state index in [2.05, 4.69) is 46.4 Å². The number of nitrogens with one attached hydrogen (secondary N) is 1. The summed E-state index contributed by atoms with van der Waals surface area (Å²) < 4.78 is 3.13. The van der Waals surface area contributed by atoms with Crippen molar-refractivity contribution in [3.8, 4) is 0 Å². The fourth-order valence-electron chi connectivity index (χ4n) is 2.44. The van der Waals surface area contributed by atoms with Crippen LogP contribution in [-0.4, -0.2) is 21.1 Å². The summed E-state index contributed by atoms with van der Waals surface area (Å²) >= 11 is 7.49. The van der Waals surface area contributed by atoms with Crippen molar-refractivity contribution in [3.05, 3.63) is 28.5 Å². The van der Waals surface area contributed by atoms with Gasteiger partial charge in [-0.25, -0.2) is 0 Å². The minimum Gasteiger partial charge on any atom is -0.331 e. The molecule has 1 aromatic heterocycles. The molecule has 17 heavy (non-hydrogen) atoms. The van der Waals surface area contributed by atoms with E-state index in [1.54, 1.807) is 0 Å². The number of fused-ring (bicyclic) bond motifs is 1. The Kier molecular flexibility index (Phi) is 3.01. The molecule has 4 heteroatoms. The molecular formula is C13H16N2S2. The average molecular weight is 264 g/mol. The maximum absolute atomic E-state index is 5.43. The Labute approximate surface area is 110 Å². The summed E-state index contributed by atoms with van der Waals surface area (Å²) in [6, 6.07) is 6.51. The minimum atomic E-state index is 0.784. The van der Waals surface area contributed by atoms with Crippen LogP contribution in [-0.2, 0) is 6.54 Å². The standard InChI is InChI=1S/C13H16N2S2/c1-9-2-3-12-11(6-9)14-13(16)15(12)7-10-4-5-17-8-10/h2-3,6,10H,4-5,7-8H2,1H3,(H,14,16). The number of imidazole rings is 1. The highest BCUT2D eigenvalue weighted by Crippen LogP contribution is 2.26. The lowest BCUT2D eigenvalue weighted by Crippen LogP contribution is -2.09. The molecule has 2 nitrogen and oxygen atoms in total. The fraction of sp³-hybridized carbons (Fsp3) is 0.462. The van der Waals surface area contributed by atoms with E-state index in [-0.39, 0.29) is 0 Å². The van der Waals surface area contributed by atoms with Crippen molar-refractivity contribution >= 4 is 35.0 Å². The lowest BCUT2D eigenvalue weighted by Gasteiger charge is -2.10. The van der Waals surface area contributed by atoms with Crippen LogP contribution in [0.5, 0.6) is 0 Å². The topological polar surface area (TPSA) is 20.7 Å². The first-order valence-electron chi connectivity index (χ1n) is 6.01. The van der Waals surface area contributed by atoms with Crippen molar-refractivity contribution in [2.45, 2.75) is 19.9 Å². The van der Waals surface area contributed by atoms with Crippen molar-refractivity contribution in [1.82, 2.24) is 9.55 Å². The molecular weight excluding hydrogens is 248 g/mol. The van der Waals surface area contributed by atoms with Gasteiger partial charge in [-0.15, -0.1) is 0 Å². The number of rotatable bonds is 2. The number of hydrogen-bond donors (Lipinski definition) is 1. The van der Waals surface area contributed by atoms with Gasteiger partial charge in [0.05, 0.1) is 11.0 Å². The number of H-pyrrole nitrogens is 1. The van der Waals surface area contributed by atoms with E-state index in [1.165, 1.54) is 34.5 Å². The molecule has 2 aromatic rings. The van der Waals surface area contributed by atoms with Gasteiger partial charge in [0.15, 0.2) is 4.77 Å². The first kappa shape index (κ1) is 11.4. The molecule has 0 radical (unpaired) electrons. The predicted octanol–water partition coefficient (Wildman–Crippen LogP) is 3.76. The molecule has 0 aliphatic carbocycles. The van der Waals surface area contributed by atoms with Gasteiger partial charge in [0.1, 0.15) is 0 Å². The molecule has 1 aliphatic rings. The molecule has 1 aliphatic heterocycles.